The third-order valence-corrected chi connectivity index (χ3v) is 4.75. The SMILES string of the molecule is CCNC(=NCCc1ccc(CC)cc1)NC1CCc2nc(C)nn2C1.I. The second-order valence-electron chi connectivity index (χ2n) is 6.82. The predicted octanol–water partition coefficient (Wildman–Crippen LogP) is 2.88. The summed E-state index contributed by atoms with van der Waals surface area (Å²) in [6.45, 7) is 8.72. The number of aliphatic imine (C=N–C) groups is 1. The van der Waals surface area contributed by atoms with E-state index < -0.39 is 0 Å². The largest absolute Gasteiger partial charge is 0.357 e. The average molecular weight is 482 g/mol. The topological polar surface area (TPSA) is 67.1 Å². The number of benzene rings is 1. The highest BCUT2D eigenvalue weighted by molar-refractivity contribution is 14.0. The van der Waals surface area contributed by atoms with Crippen LogP contribution < -0.4 is 10.6 Å². The zero-order valence-electron chi connectivity index (χ0n) is 16.5. The van der Waals surface area contributed by atoms with Crippen LogP contribution in [0.5, 0.6) is 0 Å². The molecular weight excluding hydrogens is 451 g/mol. The number of hydrogen-bond donors (Lipinski definition) is 2. The summed E-state index contributed by atoms with van der Waals surface area (Å²) >= 11 is 0. The van der Waals surface area contributed by atoms with Crippen molar-refractivity contribution in [3.63, 3.8) is 0 Å². The first-order valence-corrected chi connectivity index (χ1v) is 9.71. The monoisotopic (exact) mass is 482 g/mol. The van der Waals surface area contributed by atoms with Gasteiger partial charge >= 0.3 is 0 Å². The summed E-state index contributed by atoms with van der Waals surface area (Å²) in [6, 6.07) is 9.18. The summed E-state index contributed by atoms with van der Waals surface area (Å²) in [5, 5.41) is 11.4. The fourth-order valence-electron chi connectivity index (χ4n) is 3.30. The van der Waals surface area contributed by atoms with E-state index in [-0.39, 0.29) is 24.0 Å². The molecule has 7 heteroatoms. The number of halogens is 1. The lowest BCUT2D eigenvalue weighted by molar-refractivity contribution is 0.392. The Hall–Kier alpha value is -1.64. The van der Waals surface area contributed by atoms with Gasteiger partial charge in [-0.3, -0.25) is 4.99 Å². The molecule has 0 spiro atoms. The van der Waals surface area contributed by atoms with Crippen molar-refractivity contribution in [2.75, 3.05) is 13.1 Å². The first kappa shape index (κ1) is 21.7. The molecule has 0 fully saturated rings. The molecule has 2 aromatic rings. The van der Waals surface area contributed by atoms with E-state index in [0.29, 0.717) is 6.04 Å². The Kier molecular flexibility index (Phi) is 8.53. The number of guanidine groups is 1. The minimum absolute atomic E-state index is 0. The number of aryl methyl sites for hydroxylation is 3. The van der Waals surface area contributed by atoms with Gasteiger partial charge in [-0.25, -0.2) is 9.67 Å². The summed E-state index contributed by atoms with van der Waals surface area (Å²) in [5.41, 5.74) is 2.72. The number of nitrogens with zero attached hydrogens (tertiary/aromatic N) is 4. The number of fused-ring (bicyclic) bond motifs is 1. The lowest BCUT2D eigenvalue weighted by Gasteiger charge is -2.25. The van der Waals surface area contributed by atoms with Gasteiger partial charge in [0.25, 0.3) is 0 Å². The maximum atomic E-state index is 4.76. The molecule has 1 aliphatic rings. The second-order valence-corrected chi connectivity index (χ2v) is 6.82. The van der Waals surface area contributed by atoms with Gasteiger partial charge in [-0.2, -0.15) is 5.10 Å². The summed E-state index contributed by atoms with van der Waals surface area (Å²) in [4.78, 5) is 9.23. The van der Waals surface area contributed by atoms with Crippen molar-refractivity contribution in [3.05, 3.63) is 47.0 Å². The smallest absolute Gasteiger partial charge is 0.191 e. The molecule has 2 N–H and O–H groups in total. The van der Waals surface area contributed by atoms with Crippen LogP contribution in [0.25, 0.3) is 0 Å². The minimum Gasteiger partial charge on any atom is -0.357 e. The normalized spacial score (nSPS) is 16.4. The van der Waals surface area contributed by atoms with Crippen LogP contribution in [-0.4, -0.2) is 39.9 Å². The van der Waals surface area contributed by atoms with Gasteiger partial charge in [0.2, 0.25) is 0 Å². The number of aromatic nitrogens is 3. The van der Waals surface area contributed by atoms with E-state index in [4.69, 9.17) is 4.99 Å². The third kappa shape index (κ3) is 6.19. The molecule has 3 rings (SSSR count). The number of nitrogens with one attached hydrogen (secondary N) is 2. The van der Waals surface area contributed by atoms with E-state index in [1.165, 1.54) is 11.1 Å². The van der Waals surface area contributed by atoms with Crippen molar-refractivity contribution in [1.29, 1.82) is 0 Å². The van der Waals surface area contributed by atoms with Crippen molar-refractivity contribution in [3.8, 4) is 0 Å². The molecular formula is C20H31IN6. The van der Waals surface area contributed by atoms with Gasteiger partial charge in [0.15, 0.2) is 5.96 Å². The lowest BCUT2D eigenvalue weighted by atomic mass is 10.1. The summed E-state index contributed by atoms with van der Waals surface area (Å²) in [5.74, 6) is 2.84. The molecule has 6 nitrogen and oxygen atoms in total. The molecule has 0 aliphatic carbocycles. The third-order valence-electron chi connectivity index (χ3n) is 4.75. The number of hydrogen-bond acceptors (Lipinski definition) is 3. The lowest BCUT2D eigenvalue weighted by Crippen LogP contribution is -2.47. The van der Waals surface area contributed by atoms with E-state index in [0.717, 1.165) is 62.9 Å². The van der Waals surface area contributed by atoms with Crippen molar-refractivity contribution < 1.29 is 0 Å². The highest BCUT2D eigenvalue weighted by Gasteiger charge is 2.21. The molecule has 27 heavy (non-hydrogen) atoms. The Morgan fingerprint density at radius 1 is 1.22 bits per heavy atom. The summed E-state index contributed by atoms with van der Waals surface area (Å²) < 4.78 is 2.02. The summed E-state index contributed by atoms with van der Waals surface area (Å²) in [7, 11) is 0. The van der Waals surface area contributed by atoms with Gasteiger partial charge in [-0.05, 0) is 44.2 Å². The van der Waals surface area contributed by atoms with Crippen molar-refractivity contribution in [2.24, 2.45) is 4.99 Å². The highest BCUT2D eigenvalue weighted by atomic mass is 127. The van der Waals surface area contributed by atoms with Crippen LogP contribution >= 0.6 is 24.0 Å². The summed E-state index contributed by atoms with van der Waals surface area (Å²) in [6.07, 6.45) is 4.06. The first-order chi connectivity index (χ1) is 12.7. The molecule has 1 aromatic heterocycles. The standard InChI is InChI=1S/C20H30N6.HI/c1-4-16-6-8-17(9-7-16)12-13-22-20(21-5-2)24-18-10-11-19-23-15(3)25-26(19)14-18;/h6-9,18H,4-5,10-14H2,1-3H3,(H2,21,22,24);1H. The molecule has 0 saturated carbocycles. The fourth-order valence-corrected chi connectivity index (χ4v) is 3.30. The Morgan fingerprint density at radius 2 is 1.96 bits per heavy atom. The molecule has 1 unspecified atom stereocenters. The molecule has 0 amide bonds. The van der Waals surface area contributed by atoms with E-state index in [1.807, 2.05) is 11.6 Å². The molecule has 1 atom stereocenters. The van der Waals surface area contributed by atoms with Gasteiger partial charge in [0.1, 0.15) is 11.6 Å². The molecule has 2 heterocycles. The zero-order valence-corrected chi connectivity index (χ0v) is 18.9. The molecule has 1 aromatic carbocycles. The van der Waals surface area contributed by atoms with E-state index in [9.17, 15) is 0 Å². The molecule has 0 saturated heterocycles. The maximum Gasteiger partial charge on any atom is 0.191 e. The Balaban J connectivity index is 0.00000261. The highest BCUT2D eigenvalue weighted by Crippen LogP contribution is 2.12. The van der Waals surface area contributed by atoms with Gasteiger partial charge in [-0.15, -0.1) is 24.0 Å². The van der Waals surface area contributed by atoms with Gasteiger partial charge in [0.05, 0.1) is 6.54 Å². The van der Waals surface area contributed by atoms with Crippen LogP contribution in [-0.2, 0) is 25.8 Å². The van der Waals surface area contributed by atoms with Crippen LogP contribution in [0.4, 0.5) is 0 Å². The second kappa shape index (κ2) is 10.6. The fraction of sp³-hybridized carbons (Fsp3) is 0.550. The maximum absolute atomic E-state index is 4.76. The van der Waals surface area contributed by atoms with Crippen LogP contribution in [0.15, 0.2) is 29.3 Å². The quantitative estimate of drug-likeness (QED) is 0.378. The Labute approximate surface area is 179 Å². The van der Waals surface area contributed by atoms with E-state index in [1.54, 1.807) is 0 Å². The van der Waals surface area contributed by atoms with Crippen molar-refractivity contribution >= 4 is 29.9 Å². The molecule has 148 valence electrons. The predicted molar refractivity (Wildman–Crippen MR) is 121 cm³/mol. The Morgan fingerprint density at radius 3 is 2.67 bits per heavy atom. The van der Waals surface area contributed by atoms with Crippen molar-refractivity contribution in [1.82, 2.24) is 25.4 Å². The van der Waals surface area contributed by atoms with E-state index >= 15 is 0 Å². The van der Waals surface area contributed by atoms with Crippen LogP contribution in [0, 0.1) is 6.92 Å². The van der Waals surface area contributed by atoms with Gasteiger partial charge in [-0.1, -0.05) is 31.2 Å². The zero-order chi connectivity index (χ0) is 18.4. The van der Waals surface area contributed by atoms with Crippen LogP contribution in [0.1, 0.15) is 43.0 Å². The number of rotatable bonds is 6. The minimum atomic E-state index is 0. The van der Waals surface area contributed by atoms with Crippen molar-refractivity contribution in [2.45, 2.75) is 59.0 Å². The average Bonchev–Trinajstić information content (AvgIpc) is 3.02. The van der Waals surface area contributed by atoms with E-state index in [2.05, 4.69) is 58.8 Å². The molecule has 1 aliphatic heterocycles. The Bertz CT molecular complexity index is 737. The molecule has 0 bridgehead atoms. The van der Waals surface area contributed by atoms with Gasteiger partial charge < -0.3 is 10.6 Å². The molecule has 0 radical (unpaired) electrons. The van der Waals surface area contributed by atoms with Gasteiger partial charge in [0, 0.05) is 25.6 Å². The van der Waals surface area contributed by atoms with Crippen LogP contribution in [0.2, 0.25) is 0 Å². The first-order valence-electron chi connectivity index (χ1n) is 9.71. The van der Waals surface area contributed by atoms with Crippen LogP contribution in [0.3, 0.4) is 0 Å².